The van der Waals surface area contributed by atoms with Gasteiger partial charge in [-0.3, -0.25) is 4.79 Å². The van der Waals surface area contributed by atoms with E-state index < -0.39 is 11.9 Å². The molecule has 0 saturated carbocycles. The molecule has 3 aromatic rings. The summed E-state index contributed by atoms with van der Waals surface area (Å²) in [4.78, 5) is 23.4. The summed E-state index contributed by atoms with van der Waals surface area (Å²) in [6, 6.07) is 22.0. The number of anilines is 1. The van der Waals surface area contributed by atoms with Gasteiger partial charge in [0, 0.05) is 16.8 Å². The zero-order chi connectivity index (χ0) is 17.6. The maximum atomic E-state index is 12.3. The molecular formula is C20H14KNO4. The van der Waals surface area contributed by atoms with Crippen LogP contribution in [0.4, 0.5) is 5.69 Å². The minimum atomic E-state index is -1.39. The van der Waals surface area contributed by atoms with Crippen molar-refractivity contribution in [2.75, 3.05) is 5.32 Å². The number of amides is 1. The number of nitrogens with one attached hydrogen (secondary N) is 1. The van der Waals surface area contributed by atoms with Crippen LogP contribution in [0.1, 0.15) is 20.7 Å². The van der Waals surface area contributed by atoms with E-state index in [1.165, 1.54) is 18.2 Å². The smallest absolute Gasteiger partial charge is 0.545 e. The van der Waals surface area contributed by atoms with E-state index in [0.29, 0.717) is 17.2 Å². The third kappa shape index (κ3) is 5.27. The van der Waals surface area contributed by atoms with Crippen LogP contribution in [-0.2, 0) is 0 Å². The van der Waals surface area contributed by atoms with Crippen molar-refractivity contribution < 1.29 is 70.8 Å². The zero-order valence-corrected chi connectivity index (χ0v) is 17.3. The first-order valence-electron chi connectivity index (χ1n) is 7.58. The molecule has 1 N–H and O–H groups in total. The van der Waals surface area contributed by atoms with Gasteiger partial charge in [0.1, 0.15) is 11.5 Å². The molecule has 0 radical (unpaired) electrons. The minimum absolute atomic E-state index is 0. The average molecular weight is 371 g/mol. The maximum Gasteiger partial charge on any atom is 1.00 e. The van der Waals surface area contributed by atoms with Gasteiger partial charge in [0.25, 0.3) is 5.91 Å². The number of hydrogen-bond donors (Lipinski definition) is 1. The van der Waals surface area contributed by atoms with E-state index in [1.807, 2.05) is 30.3 Å². The first-order chi connectivity index (χ1) is 12.1. The van der Waals surface area contributed by atoms with Crippen LogP contribution in [0.15, 0.2) is 78.9 Å². The first-order valence-corrected chi connectivity index (χ1v) is 7.58. The molecule has 124 valence electrons. The Labute approximate surface area is 193 Å². The van der Waals surface area contributed by atoms with E-state index in [-0.39, 0.29) is 62.5 Å². The van der Waals surface area contributed by atoms with Gasteiger partial charge in [0.2, 0.25) is 0 Å². The van der Waals surface area contributed by atoms with E-state index >= 15 is 0 Å². The summed E-state index contributed by atoms with van der Waals surface area (Å²) >= 11 is 0. The molecule has 1 amide bonds. The van der Waals surface area contributed by atoms with Crippen molar-refractivity contribution in [1.82, 2.24) is 0 Å². The van der Waals surface area contributed by atoms with Crippen molar-refractivity contribution in [1.29, 1.82) is 0 Å². The quantitative estimate of drug-likeness (QED) is 0.645. The number of aromatic carboxylic acids is 1. The van der Waals surface area contributed by atoms with Gasteiger partial charge in [-0.2, -0.15) is 0 Å². The second kappa shape index (κ2) is 9.66. The van der Waals surface area contributed by atoms with Crippen molar-refractivity contribution in [2.45, 2.75) is 0 Å². The number of rotatable bonds is 5. The van der Waals surface area contributed by atoms with Crippen molar-refractivity contribution in [2.24, 2.45) is 0 Å². The van der Waals surface area contributed by atoms with E-state index in [4.69, 9.17) is 4.74 Å². The third-order valence-corrected chi connectivity index (χ3v) is 3.48. The Morgan fingerprint density at radius 2 is 1.27 bits per heavy atom. The monoisotopic (exact) mass is 371 g/mol. The van der Waals surface area contributed by atoms with Crippen LogP contribution in [0.5, 0.6) is 11.5 Å². The second-order valence-corrected chi connectivity index (χ2v) is 5.23. The van der Waals surface area contributed by atoms with E-state index in [0.717, 1.165) is 0 Å². The molecular weight excluding hydrogens is 357 g/mol. The van der Waals surface area contributed by atoms with Gasteiger partial charge in [-0.1, -0.05) is 36.4 Å². The van der Waals surface area contributed by atoms with Crippen LogP contribution in [0.2, 0.25) is 0 Å². The van der Waals surface area contributed by atoms with Gasteiger partial charge < -0.3 is 20.0 Å². The Hall–Kier alpha value is -1.96. The van der Waals surface area contributed by atoms with Crippen LogP contribution in [0.3, 0.4) is 0 Å². The minimum Gasteiger partial charge on any atom is -0.545 e. The van der Waals surface area contributed by atoms with Crippen molar-refractivity contribution in [3.05, 3.63) is 90.0 Å². The number of ether oxygens (including phenoxy) is 1. The standard InChI is InChI=1S/C20H15NO4.K/c22-19(17-8-4-5-9-18(17)20(23)24)21-14-10-12-16(13-11-14)25-15-6-2-1-3-7-15;/h1-13H,(H,21,22)(H,23,24);/q;+1/p-1. The van der Waals surface area contributed by atoms with E-state index in [1.54, 1.807) is 30.3 Å². The summed E-state index contributed by atoms with van der Waals surface area (Å²) in [6.45, 7) is 0. The fraction of sp³-hybridized carbons (Fsp3) is 0. The summed E-state index contributed by atoms with van der Waals surface area (Å²) in [5.41, 5.74) is 0.426. The average Bonchev–Trinajstić information content (AvgIpc) is 2.64. The Morgan fingerprint density at radius 3 is 1.88 bits per heavy atom. The molecule has 0 aliphatic carbocycles. The van der Waals surface area contributed by atoms with Gasteiger partial charge in [0.15, 0.2) is 0 Å². The Kier molecular flexibility index (Phi) is 7.56. The number of carbonyl (C=O) groups is 2. The van der Waals surface area contributed by atoms with Gasteiger partial charge in [-0.25, -0.2) is 0 Å². The van der Waals surface area contributed by atoms with Crippen molar-refractivity contribution >= 4 is 17.6 Å². The molecule has 0 bridgehead atoms. The SMILES string of the molecule is O=C([O-])c1ccccc1C(=O)Nc1ccc(Oc2ccccc2)cc1.[K+]. The summed E-state index contributed by atoms with van der Waals surface area (Å²) in [5.74, 6) is -0.574. The van der Waals surface area contributed by atoms with Crippen LogP contribution < -0.4 is 66.5 Å². The fourth-order valence-corrected chi connectivity index (χ4v) is 2.29. The van der Waals surface area contributed by atoms with Crippen molar-refractivity contribution in [3.63, 3.8) is 0 Å². The number of carbonyl (C=O) groups excluding carboxylic acids is 2. The van der Waals surface area contributed by atoms with Crippen LogP contribution in [-0.4, -0.2) is 11.9 Å². The molecule has 6 heteroatoms. The van der Waals surface area contributed by atoms with Crippen LogP contribution >= 0.6 is 0 Å². The van der Waals surface area contributed by atoms with Gasteiger partial charge in [0.05, 0.1) is 5.97 Å². The van der Waals surface area contributed by atoms with Crippen LogP contribution in [0, 0.1) is 0 Å². The molecule has 0 spiro atoms. The zero-order valence-electron chi connectivity index (χ0n) is 14.1. The molecule has 0 saturated heterocycles. The Bertz CT molecular complexity index is 895. The molecule has 5 nitrogen and oxygen atoms in total. The van der Waals surface area contributed by atoms with Crippen molar-refractivity contribution in [3.8, 4) is 11.5 Å². The molecule has 0 aliphatic rings. The molecule has 0 unspecified atom stereocenters. The predicted molar refractivity (Wildman–Crippen MR) is 91.7 cm³/mol. The molecule has 0 fully saturated rings. The number of carboxylic acids is 1. The first kappa shape index (κ1) is 20.3. The fourth-order valence-electron chi connectivity index (χ4n) is 2.29. The normalized spacial score (nSPS) is 9.69. The van der Waals surface area contributed by atoms with E-state index in [2.05, 4.69) is 5.32 Å². The maximum absolute atomic E-state index is 12.3. The second-order valence-electron chi connectivity index (χ2n) is 5.23. The third-order valence-electron chi connectivity index (χ3n) is 3.48. The Balaban J connectivity index is 0.00000243. The number of carboxylic acid groups (broad SMARTS) is 1. The molecule has 26 heavy (non-hydrogen) atoms. The van der Waals surface area contributed by atoms with E-state index in [9.17, 15) is 14.7 Å². The summed E-state index contributed by atoms with van der Waals surface area (Å²) in [5, 5.41) is 13.7. The van der Waals surface area contributed by atoms with Gasteiger partial charge in [-0.05, 0) is 42.5 Å². The Morgan fingerprint density at radius 1 is 0.731 bits per heavy atom. The van der Waals surface area contributed by atoms with Crippen LogP contribution in [0.25, 0.3) is 0 Å². The number of benzene rings is 3. The topological polar surface area (TPSA) is 78.5 Å². The summed E-state index contributed by atoms with van der Waals surface area (Å²) in [6.07, 6.45) is 0. The summed E-state index contributed by atoms with van der Waals surface area (Å²) < 4.78 is 5.67. The molecule has 0 atom stereocenters. The molecule has 0 aromatic heterocycles. The van der Waals surface area contributed by atoms with Gasteiger partial charge >= 0.3 is 51.4 Å². The molecule has 0 aliphatic heterocycles. The predicted octanol–water partition coefficient (Wildman–Crippen LogP) is 0.0987. The van der Waals surface area contributed by atoms with Gasteiger partial charge in [-0.15, -0.1) is 0 Å². The molecule has 3 aromatic carbocycles. The number of para-hydroxylation sites is 1. The number of hydrogen-bond acceptors (Lipinski definition) is 4. The molecule has 0 heterocycles. The largest absolute Gasteiger partial charge is 1.00 e. The molecule has 3 rings (SSSR count). The summed E-state index contributed by atoms with van der Waals surface area (Å²) in [7, 11) is 0.